The maximum Gasteiger partial charge on any atom is 0.328 e. The van der Waals surface area contributed by atoms with Crippen LogP contribution in [0.1, 0.15) is 55.3 Å². The van der Waals surface area contributed by atoms with Crippen LogP contribution >= 0.6 is 0 Å². The normalized spacial score (nSPS) is 20.5. The Balaban J connectivity index is 1.42. The summed E-state index contributed by atoms with van der Waals surface area (Å²) >= 11 is 0. The van der Waals surface area contributed by atoms with Crippen LogP contribution in [0, 0.1) is 5.92 Å². The van der Waals surface area contributed by atoms with Crippen LogP contribution in [0.15, 0.2) is 60.7 Å². The summed E-state index contributed by atoms with van der Waals surface area (Å²) in [7, 11) is 3.63. The summed E-state index contributed by atoms with van der Waals surface area (Å²) in [6.07, 6.45) is 6.10. The van der Waals surface area contributed by atoms with Crippen LogP contribution in [0.3, 0.4) is 0 Å². The molecule has 0 bridgehead atoms. The van der Waals surface area contributed by atoms with E-state index < -0.39 is 0 Å². The van der Waals surface area contributed by atoms with Gasteiger partial charge in [-0.2, -0.15) is 0 Å². The van der Waals surface area contributed by atoms with Crippen LogP contribution in [-0.2, 0) is 6.42 Å². The van der Waals surface area contributed by atoms with Crippen LogP contribution in [0.2, 0.25) is 0 Å². The van der Waals surface area contributed by atoms with Gasteiger partial charge >= 0.3 is 6.03 Å². The fourth-order valence-corrected chi connectivity index (χ4v) is 5.17. The van der Waals surface area contributed by atoms with Crippen molar-refractivity contribution in [3.8, 4) is 11.3 Å². The SMILES string of the molecule is CC1CCC(c2ccc(Cc3ccc4c(n3)-c3ccccc3N(C)C(=O)N4C)cc2)CC1. The molecule has 2 heterocycles. The highest BCUT2D eigenvalue weighted by Crippen LogP contribution is 2.39. The van der Waals surface area contributed by atoms with E-state index in [9.17, 15) is 4.79 Å². The number of carbonyl (C=O) groups excluding carboxylic acids is 1. The zero-order valence-corrected chi connectivity index (χ0v) is 19.2. The third kappa shape index (κ3) is 3.79. The Bertz CT molecular complexity index is 1130. The lowest BCUT2D eigenvalue weighted by atomic mass is 9.79. The number of urea groups is 1. The molecule has 0 unspecified atom stereocenters. The van der Waals surface area contributed by atoms with E-state index >= 15 is 0 Å². The van der Waals surface area contributed by atoms with E-state index in [1.807, 2.05) is 50.5 Å². The second kappa shape index (κ2) is 8.42. The Kier molecular flexibility index (Phi) is 5.46. The van der Waals surface area contributed by atoms with E-state index in [4.69, 9.17) is 4.98 Å². The average Bonchev–Trinajstić information content (AvgIpc) is 2.90. The number of hydrogen-bond acceptors (Lipinski definition) is 2. The van der Waals surface area contributed by atoms with Gasteiger partial charge in [0.25, 0.3) is 0 Å². The number of rotatable bonds is 3. The first kappa shape index (κ1) is 20.7. The molecule has 32 heavy (non-hydrogen) atoms. The first-order valence-electron chi connectivity index (χ1n) is 11.7. The molecular formula is C28H31N3O. The molecule has 1 aliphatic carbocycles. The number of pyridine rings is 1. The van der Waals surface area contributed by atoms with Gasteiger partial charge in [-0.1, -0.05) is 62.2 Å². The quantitative estimate of drug-likeness (QED) is 0.472. The van der Waals surface area contributed by atoms with Crippen LogP contribution in [0.4, 0.5) is 16.2 Å². The molecule has 0 N–H and O–H groups in total. The van der Waals surface area contributed by atoms with Crippen LogP contribution < -0.4 is 9.80 Å². The first-order valence-corrected chi connectivity index (χ1v) is 11.7. The summed E-state index contributed by atoms with van der Waals surface area (Å²) in [6, 6.07) is 21.2. The van der Waals surface area contributed by atoms with Crippen LogP contribution in [0.25, 0.3) is 11.3 Å². The van der Waals surface area contributed by atoms with Crippen molar-refractivity contribution in [3.63, 3.8) is 0 Å². The van der Waals surface area contributed by atoms with Gasteiger partial charge in [0.05, 0.1) is 17.1 Å². The number of aromatic nitrogens is 1. The van der Waals surface area contributed by atoms with Crippen molar-refractivity contribution >= 4 is 17.4 Å². The van der Waals surface area contributed by atoms with Crippen molar-refractivity contribution < 1.29 is 4.79 Å². The lowest BCUT2D eigenvalue weighted by Crippen LogP contribution is -2.37. The number of hydrogen-bond donors (Lipinski definition) is 0. The highest BCUT2D eigenvalue weighted by molar-refractivity contribution is 6.10. The summed E-state index contributed by atoms with van der Waals surface area (Å²) in [5, 5.41) is 0. The number of nitrogens with zero attached hydrogens (tertiary/aromatic N) is 3. The zero-order valence-electron chi connectivity index (χ0n) is 19.2. The maximum absolute atomic E-state index is 12.9. The summed E-state index contributed by atoms with van der Waals surface area (Å²) in [5.74, 6) is 1.59. The molecule has 4 heteroatoms. The fourth-order valence-electron chi connectivity index (χ4n) is 5.17. The molecule has 2 aliphatic rings. The summed E-state index contributed by atoms with van der Waals surface area (Å²) in [5.41, 5.74) is 7.36. The van der Waals surface area contributed by atoms with Gasteiger partial charge in [0.15, 0.2) is 0 Å². The highest BCUT2D eigenvalue weighted by Gasteiger charge is 2.28. The second-order valence-electron chi connectivity index (χ2n) is 9.46. The van der Waals surface area contributed by atoms with E-state index in [1.54, 1.807) is 9.80 Å². The Hall–Kier alpha value is -3.14. The van der Waals surface area contributed by atoms with Crippen molar-refractivity contribution in [2.24, 2.45) is 5.92 Å². The number of amides is 2. The molecule has 164 valence electrons. The molecule has 0 saturated heterocycles. The van der Waals surface area contributed by atoms with Crippen molar-refractivity contribution in [2.75, 3.05) is 23.9 Å². The van der Waals surface area contributed by atoms with Gasteiger partial charge in [-0.05, 0) is 54.0 Å². The Morgan fingerprint density at radius 3 is 2.28 bits per heavy atom. The molecular weight excluding hydrogens is 394 g/mol. The molecule has 1 saturated carbocycles. The maximum atomic E-state index is 12.9. The van der Waals surface area contributed by atoms with E-state index in [0.717, 1.165) is 40.7 Å². The fraction of sp³-hybridized carbons (Fsp3) is 0.357. The van der Waals surface area contributed by atoms with Crippen molar-refractivity contribution in [3.05, 3.63) is 77.5 Å². The minimum absolute atomic E-state index is 0.0570. The van der Waals surface area contributed by atoms with Crippen LogP contribution in [0.5, 0.6) is 0 Å². The van der Waals surface area contributed by atoms with Gasteiger partial charge in [0.1, 0.15) is 0 Å². The highest BCUT2D eigenvalue weighted by atomic mass is 16.2. The molecule has 0 spiro atoms. The largest absolute Gasteiger partial charge is 0.328 e. The molecule has 1 aliphatic heterocycles. The molecule has 2 aromatic carbocycles. The predicted octanol–water partition coefficient (Wildman–Crippen LogP) is 6.64. The number of carbonyl (C=O) groups is 1. The topological polar surface area (TPSA) is 36.4 Å². The molecule has 3 aromatic rings. The Morgan fingerprint density at radius 1 is 0.844 bits per heavy atom. The van der Waals surface area contributed by atoms with E-state index in [2.05, 4.69) is 31.2 Å². The van der Waals surface area contributed by atoms with Gasteiger partial charge in [-0.15, -0.1) is 0 Å². The number of benzene rings is 2. The minimum atomic E-state index is -0.0570. The molecule has 0 radical (unpaired) electrons. The lowest BCUT2D eigenvalue weighted by molar-refractivity contribution is 0.254. The van der Waals surface area contributed by atoms with Crippen molar-refractivity contribution in [1.82, 2.24) is 4.98 Å². The summed E-state index contributed by atoms with van der Waals surface area (Å²) in [4.78, 5) is 21.3. The number of para-hydroxylation sites is 1. The first-order chi connectivity index (χ1) is 15.5. The predicted molar refractivity (Wildman–Crippen MR) is 131 cm³/mol. The van der Waals surface area contributed by atoms with Gasteiger partial charge < -0.3 is 0 Å². The molecule has 5 rings (SSSR count). The van der Waals surface area contributed by atoms with Crippen molar-refractivity contribution in [1.29, 1.82) is 0 Å². The molecule has 1 aromatic heterocycles. The van der Waals surface area contributed by atoms with Crippen molar-refractivity contribution in [2.45, 2.75) is 44.9 Å². The van der Waals surface area contributed by atoms with Crippen LogP contribution in [-0.4, -0.2) is 25.1 Å². The molecule has 4 nitrogen and oxygen atoms in total. The molecule has 2 amide bonds. The third-order valence-corrected chi connectivity index (χ3v) is 7.24. The number of anilines is 2. The smallest absolute Gasteiger partial charge is 0.296 e. The van der Waals surface area contributed by atoms with Gasteiger partial charge in [0.2, 0.25) is 0 Å². The van der Waals surface area contributed by atoms with E-state index in [-0.39, 0.29) is 6.03 Å². The van der Waals surface area contributed by atoms with Gasteiger partial charge in [-0.3, -0.25) is 14.8 Å². The summed E-state index contributed by atoms with van der Waals surface area (Å²) < 4.78 is 0. The third-order valence-electron chi connectivity index (χ3n) is 7.24. The number of fused-ring (bicyclic) bond motifs is 3. The van der Waals surface area contributed by atoms with Gasteiger partial charge in [-0.25, -0.2) is 4.79 Å². The Morgan fingerprint density at radius 2 is 1.53 bits per heavy atom. The average molecular weight is 426 g/mol. The molecule has 1 fully saturated rings. The van der Waals surface area contributed by atoms with E-state index in [1.165, 1.54) is 36.8 Å². The van der Waals surface area contributed by atoms with E-state index in [0.29, 0.717) is 5.92 Å². The van der Waals surface area contributed by atoms with Gasteiger partial charge in [0, 0.05) is 31.8 Å². The standard InChI is InChI=1S/C28H31N3O/c1-19-8-12-21(13-9-19)22-14-10-20(11-15-22)18-23-16-17-26-27(29-23)24-6-4-5-7-25(24)30(2)28(32)31(26)3/h4-7,10-11,14-17,19,21H,8-9,12-13,18H2,1-3H3. The zero-order chi connectivity index (χ0) is 22.2. The molecule has 0 atom stereocenters. The Labute approximate surface area is 190 Å². The minimum Gasteiger partial charge on any atom is -0.296 e. The second-order valence-corrected chi connectivity index (χ2v) is 9.46. The lowest BCUT2D eigenvalue weighted by Gasteiger charge is -2.26. The monoisotopic (exact) mass is 425 g/mol. The summed E-state index contributed by atoms with van der Waals surface area (Å²) in [6.45, 7) is 2.37.